The van der Waals surface area contributed by atoms with Crippen LogP contribution in [0.4, 0.5) is 5.95 Å². The summed E-state index contributed by atoms with van der Waals surface area (Å²) in [7, 11) is 0. The van der Waals surface area contributed by atoms with Crippen LogP contribution in [0.5, 0.6) is 6.01 Å². The van der Waals surface area contributed by atoms with Crippen molar-refractivity contribution in [1.82, 2.24) is 29.7 Å². The van der Waals surface area contributed by atoms with Gasteiger partial charge in [-0.15, -0.1) is 0 Å². The van der Waals surface area contributed by atoms with Crippen LogP contribution < -0.4 is 10.5 Å². The van der Waals surface area contributed by atoms with Crippen molar-refractivity contribution < 1.29 is 9.47 Å². The van der Waals surface area contributed by atoms with E-state index >= 15 is 0 Å². The molecule has 1 saturated heterocycles. The van der Waals surface area contributed by atoms with E-state index in [1.165, 1.54) is 17.3 Å². The van der Waals surface area contributed by atoms with Gasteiger partial charge < -0.3 is 15.2 Å². The molecule has 0 spiro atoms. The molecule has 0 aromatic carbocycles. The van der Waals surface area contributed by atoms with E-state index in [2.05, 4.69) is 25.0 Å². The topological polar surface area (TPSA) is 114 Å². The van der Waals surface area contributed by atoms with Gasteiger partial charge in [0.1, 0.15) is 19.3 Å². The SMILES string of the molecule is Nc1nc(OCC2CCCCO2)nc(-n2cncn2)n1. The van der Waals surface area contributed by atoms with Gasteiger partial charge in [-0.2, -0.15) is 24.7 Å². The van der Waals surface area contributed by atoms with E-state index in [4.69, 9.17) is 15.2 Å². The van der Waals surface area contributed by atoms with Gasteiger partial charge >= 0.3 is 6.01 Å². The fourth-order valence-electron chi connectivity index (χ4n) is 1.95. The van der Waals surface area contributed by atoms with Crippen LogP contribution in [0.1, 0.15) is 19.3 Å². The Morgan fingerprint density at radius 1 is 1.35 bits per heavy atom. The number of hydrogen-bond donors (Lipinski definition) is 1. The van der Waals surface area contributed by atoms with Gasteiger partial charge in [-0.25, -0.2) is 4.98 Å². The predicted molar refractivity (Wildman–Crippen MR) is 68.2 cm³/mol. The number of hydrogen-bond acceptors (Lipinski definition) is 8. The largest absolute Gasteiger partial charge is 0.461 e. The first-order valence-corrected chi connectivity index (χ1v) is 6.42. The predicted octanol–water partition coefficient (Wildman–Crippen LogP) is -0.0176. The van der Waals surface area contributed by atoms with E-state index < -0.39 is 0 Å². The molecule has 9 heteroatoms. The summed E-state index contributed by atoms with van der Waals surface area (Å²) in [5.41, 5.74) is 5.64. The van der Waals surface area contributed by atoms with Crippen molar-refractivity contribution in [3.63, 3.8) is 0 Å². The smallest absolute Gasteiger partial charge is 0.323 e. The number of anilines is 1. The molecule has 0 saturated carbocycles. The molecule has 1 unspecified atom stereocenters. The van der Waals surface area contributed by atoms with E-state index in [1.807, 2.05) is 0 Å². The Kier molecular flexibility index (Phi) is 3.68. The number of nitrogens with zero attached hydrogens (tertiary/aromatic N) is 6. The lowest BCUT2D eigenvalue weighted by molar-refractivity contribution is -0.0129. The molecule has 1 aliphatic heterocycles. The number of ether oxygens (including phenoxy) is 2. The average molecular weight is 277 g/mol. The molecule has 2 aromatic rings. The van der Waals surface area contributed by atoms with Crippen LogP contribution >= 0.6 is 0 Å². The summed E-state index contributed by atoms with van der Waals surface area (Å²) in [5.74, 6) is 0.347. The van der Waals surface area contributed by atoms with Crippen molar-refractivity contribution >= 4 is 5.95 Å². The second kappa shape index (κ2) is 5.78. The minimum atomic E-state index is 0.0741. The average Bonchev–Trinajstić information content (AvgIpc) is 3.00. The number of nitrogen functional groups attached to an aromatic ring is 1. The summed E-state index contributed by atoms with van der Waals surface area (Å²) in [6.07, 6.45) is 6.18. The highest BCUT2D eigenvalue weighted by Crippen LogP contribution is 2.14. The van der Waals surface area contributed by atoms with Gasteiger partial charge in [0.2, 0.25) is 5.95 Å². The lowest BCUT2D eigenvalue weighted by Crippen LogP contribution is -2.26. The fraction of sp³-hybridized carbons (Fsp3) is 0.545. The third-order valence-electron chi connectivity index (χ3n) is 2.92. The summed E-state index contributed by atoms with van der Waals surface area (Å²) in [4.78, 5) is 15.9. The van der Waals surface area contributed by atoms with Gasteiger partial charge in [0.15, 0.2) is 0 Å². The first kappa shape index (κ1) is 12.7. The van der Waals surface area contributed by atoms with Crippen molar-refractivity contribution in [1.29, 1.82) is 0 Å². The minimum absolute atomic E-state index is 0.0741. The van der Waals surface area contributed by atoms with Crippen molar-refractivity contribution in [2.24, 2.45) is 0 Å². The molecule has 1 aliphatic rings. The van der Waals surface area contributed by atoms with E-state index in [0.717, 1.165) is 25.9 Å². The van der Waals surface area contributed by atoms with Crippen LogP contribution in [0, 0.1) is 0 Å². The van der Waals surface area contributed by atoms with Crippen molar-refractivity contribution in [3.05, 3.63) is 12.7 Å². The minimum Gasteiger partial charge on any atom is -0.461 e. The monoisotopic (exact) mass is 277 g/mol. The summed E-state index contributed by atoms with van der Waals surface area (Å²) in [6.45, 7) is 1.18. The highest BCUT2D eigenvalue weighted by Gasteiger charge is 2.16. The molecule has 3 rings (SSSR count). The summed E-state index contributed by atoms with van der Waals surface area (Å²) >= 11 is 0. The Hall–Kier alpha value is -2.29. The molecule has 9 nitrogen and oxygen atoms in total. The third-order valence-corrected chi connectivity index (χ3v) is 2.92. The van der Waals surface area contributed by atoms with Crippen LogP contribution in [-0.4, -0.2) is 49.0 Å². The second-order valence-corrected chi connectivity index (χ2v) is 4.42. The Morgan fingerprint density at radius 2 is 2.30 bits per heavy atom. The lowest BCUT2D eigenvalue weighted by Gasteiger charge is -2.22. The van der Waals surface area contributed by atoms with Crippen molar-refractivity contribution in [3.8, 4) is 12.0 Å². The molecule has 20 heavy (non-hydrogen) atoms. The Labute approximate surface area is 115 Å². The van der Waals surface area contributed by atoms with Gasteiger partial charge in [-0.1, -0.05) is 0 Å². The second-order valence-electron chi connectivity index (χ2n) is 4.42. The molecule has 0 radical (unpaired) electrons. The number of nitrogens with two attached hydrogens (primary N) is 1. The molecule has 1 fully saturated rings. The first-order valence-electron chi connectivity index (χ1n) is 6.42. The van der Waals surface area contributed by atoms with Crippen LogP contribution in [-0.2, 0) is 4.74 Å². The van der Waals surface area contributed by atoms with Crippen LogP contribution in [0.25, 0.3) is 5.95 Å². The maximum absolute atomic E-state index is 5.64. The third kappa shape index (κ3) is 2.99. The first-order chi connectivity index (χ1) is 9.81. The highest BCUT2D eigenvalue weighted by molar-refractivity contribution is 5.23. The van der Waals surface area contributed by atoms with Crippen molar-refractivity contribution in [2.45, 2.75) is 25.4 Å². The number of rotatable bonds is 4. The Morgan fingerprint density at radius 3 is 3.05 bits per heavy atom. The molecule has 0 bridgehead atoms. The van der Waals surface area contributed by atoms with Crippen LogP contribution in [0.3, 0.4) is 0 Å². The van der Waals surface area contributed by atoms with Gasteiger partial charge in [-0.05, 0) is 19.3 Å². The van der Waals surface area contributed by atoms with Crippen LogP contribution in [0.15, 0.2) is 12.7 Å². The summed E-state index contributed by atoms with van der Waals surface area (Å²) in [6, 6.07) is 0.164. The highest BCUT2D eigenvalue weighted by atomic mass is 16.5. The molecule has 2 N–H and O–H groups in total. The zero-order valence-corrected chi connectivity index (χ0v) is 10.8. The zero-order chi connectivity index (χ0) is 13.8. The molecular weight excluding hydrogens is 262 g/mol. The quantitative estimate of drug-likeness (QED) is 0.829. The van der Waals surface area contributed by atoms with Gasteiger partial charge in [-0.3, -0.25) is 0 Å². The molecule has 0 amide bonds. The standard InChI is InChI=1S/C11H15N7O2/c12-9-15-10(18-7-13-6-14-18)17-11(16-9)20-5-8-3-1-2-4-19-8/h6-8H,1-5H2,(H2,12,15,16,17). The Bertz CT molecular complexity index is 554. The van der Waals surface area contributed by atoms with Crippen LogP contribution in [0.2, 0.25) is 0 Å². The molecule has 0 aliphatic carbocycles. The fourth-order valence-corrected chi connectivity index (χ4v) is 1.95. The molecule has 3 heterocycles. The maximum Gasteiger partial charge on any atom is 0.323 e. The van der Waals surface area contributed by atoms with E-state index in [-0.39, 0.29) is 24.0 Å². The van der Waals surface area contributed by atoms with E-state index in [9.17, 15) is 0 Å². The van der Waals surface area contributed by atoms with E-state index in [1.54, 1.807) is 0 Å². The van der Waals surface area contributed by atoms with Crippen molar-refractivity contribution in [2.75, 3.05) is 18.9 Å². The maximum atomic E-state index is 5.64. The van der Waals surface area contributed by atoms with Gasteiger partial charge in [0.25, 0.3) is 5.95 Å². The zero-order valence-electron chi connectivity index (χ0n) is 10.8. The van der Waals surface area contributed by atoms with Gasteiger partial charge in [0.05, 0.1) is 6.10 Å². The molecule has 2 aromatic heterocycles. The van der Waals surface area contributed by atoms with Gasteiger partial charge in [0, 0.05) is 6.61 Å². The normalized spacial score (nSPS) is 18.9. The Balaban J connectivity index is 1.69. The van der Waals surface area contributed by atoms with E-state index in [0.29, 0.717) is 6.61 Å². The summed E-state index contributed by atoms with van der Waals surface area (Å²) < 4.78 is 12.5. The lowest BCUT2D eigenvalue weighted by atomic mass is 10.1. The number of aromatic nitrogens is 6. The molecule has 1 atom stereocenters. The summed E-state index contributed by atoms with van der Waals surface area (Å²) in [5, 5.41) is 3.94. The molecular formula is C11H15N7O2. The molecule has 106 valence electrons.